The van der Waals surface area contributed by atoms with Crippen LogP contribution in [-0.4, -0.2) is 58.1 Å². The monoisotopic (exact) mass is 431 g/mol. The van der Waals surface area contributed by atoms with Gasteiger partial charge in [-0.3, -0.25) is 14.8 Å². The smallest absolute Gasteiger partial charge is 0.222 e. The van der Waals surface area contributed by atoms with Crippen molar-refractivity contribution in [2.45, 2.75) is 38.8 Å². The van der Waals surface area contributed by atoms with Crippen molar-refractivity contribution < 1.29 is 9.53 Å². The second kappa shape index (κ2) is 8.74. The number of pyridine rings is 1. The molecule has 1 amide bonds. The van der Waals surface area contributed by atoms with Gasteiger partial charge in [0.05, 0.1) is 12.8 Å². The molecule has 7 heteroatoms. The molecular weight excluding hydrogens is 402 g/mol. The Hall–Kier alpha value is -3.19. The van der Waals surface area contributed by atoms with Gasteiger partial charge in [0, 0.05) is 68.1 Å². The summed E-state index contributed by atoms with van der Waals surface area (Å²) < 4.78 is 5.18. The number of carbonyl (C=O) groups excluding carboxylic acids is 1. The predicted molar refractivity (Wildman–Crippen MR) is 122 cm³/mol. The maximum atomic E-state index is 12.9. The summed E-state index contributed by atoms with van der Waals surface area (Å²) >= 11 is 0. The van der Waals surface area contributed by atoms with E-state index in [0.29, 0.717) is 18.7 Å². The number of carbonyl (C=O) groups is 1. The maximum Gasteiger partial charge on any atom is 0.222 e. The minimum atomic E-state index is 0.197. The fourth-order valence-corrected chi connectivity index (χ4v) is 4.89. The van der Waals surface area contributed by atoms with Crippen LogP contribution < -0.4 is 4.74 Å². The van der Waals surface area contributed by atoms with Gasteiger partial charge in [0.15, 0.2) is 0 Å². The van der Waals surface area contributed by atoms with E-state index < -0.39 is 0 Å². The lowest BCUT2D eigenvalue weighted by Gasteiger charge is -2.20. The number of benzene rings is 1. The van der Waals surface area contributed by atoms with Crippen molar-refractivity contribution in [3.63, 3.8) is 0 Å². The number of H-pyrrole nitrogens is 1. The number of aryl methyl sites for hydroxylation is 1. The van der Waals surface area contributed by atoms with Crippen LogP contribution in [0, 0.1) is 0 Å². The number of rotatable bonds is 5. The molecule has 1 aromatic carbocycles. The summed E-state index contributed by atoms with van der Waals surface area (Å²) in [6.07, 6.45) is 4.55. The van der Waals surface area contributed by atoms with Crippen molar-refractivity contribution in [3.05, 3.63) is 64.5 Å². The lowest BCUT2D eigenvalue weighted by Crippen LogP contribution is -2.33. The van der Waals surface area contributed by atoms with Gasteiger partial charge in [-0.1, -0.05) is 18.2 Å². The molecule has 0 fully saturated rings. The summed E-state index contributed by atoms with van der Waals surface area (Å²) in [7, 11) is 3.76. The zero-order chi connectivity index (χ0) is 22.1. The van der Waals surface area contributed by atoms with Crippen molar-refractivity contribution in [1.82, 2.24) is 25.0 Å². The second-order valence-electron chi connectivity index (χ2n) is 8.73. The lowest BCUT2D eigenvalue weighted by atomic mass is 9.96. The topological polar surface area (TPSA) is 74.3 Å². The molecular formula is C25H29N5O2. The number of methoxy groups -OCH3 is 1. The van der Waals surface area contributed by atoms with Gasteiger partial charge in [-0.25, -0.2) is 4.98 Å². The zero-order valence-electron chi connectivity index (χ0n) is 18.7. The van der Waals surface area contributed by atoms with E-state index in [4.69, 9.17) is 9.84 Å². The molecule has 7 nitrogen and oxygen atoms in total. The molecule has 0 radical (unpaired) electrons. The molecule has 0 aliphatic carbocycles. The Morgan fingerprint density at radius 1 is 1.16 bits per heavy atom. The van der Waals surface area contributed by atoms with E-state index in [-0.39, 0.29) is 5.91 Å². The number of nitrogens with zero attached hydrogens (tertiary/aromatic N) is 4. The summed E-state index contributed by atoms with van der Waals surface area (Å²) in [5.74, 6) is 0.782. The first-order chi connectivity index (χ1) is 15.6. The molecule has 2 aromatic heterocycles. The molecule has 2 aliphatic heterocycles. The Morgan fingerprint density at radius 2 is 2.03 bits per heavy atom. The van der Waals surface area contributed by atoms with E-state index in [1.807, 2.05) is 17.0 Å². The Morgan fingerprint density at radius 3 is 2.91 bits per heavy atom. The standard InChI is InChI=1S/C25H29N5O2/c1-29-15-18-4-3-5-19(21(18)16-29)25-20-9-12-30(13-10-22(20)27-28-25)24(31)7-6-17-8-11-26-23(14-17)32-2/h3-5,8,11,14H,6-7,9-10,12-13,15-16H2,1-2H3,(H,27,28). The van der Waals surface area contributed by atoms with Gasteiger partial charge in [-0.15, -0.1) is 0 Å². The fourth-order valence-electron chi connectivity index (χ4n) is 4.89. The molecule has 5 rings (SSSR count). The number of amides is 1. The van der Waals surface area contributed by atoms with Crippen LogP contribution in [0.3, 0.4) is 0 Å². The third kappa shape index (κ3) is 4.00. The summed E-state index contributed by atoms with van der Waals surface area (Å²) in [5.41, 5.74) is 8.56. The van der Waals surface area contributed by atoms with E-state index >= 15 is 0 Å². The highest BCUT2D eigenvalue weighted by Crippen LogP contribution is 2.34. The van der Waals surface area contributed by atoms with Crippen molar-refractivity contribution >= 4 is 5.91 Å². The molecule has 4 heterocycles. The van der Waals surface area contributed by atoms with Gasteiger partial charge in [0.25, 0.3) is 0 Å². The first kappa shape index (κ1) is 20.7. The van der Waals surface area contributed by atoms with Gasteiger partial charge in [0.2, 0.25) is 11.8 Å². The molecule has 0 bridgehead atoms. The third-order valence-electron chi connectivity index (χ3n) is 6.60. The molecule has 1 N–H and O–H groups in total. The quantitative estimate of drug-likeness (QED) is 0.672. The summed E-state index contributed by atoms with van der Waals surface area (Å²) in [6, 6.07) is 10.4. The Labute approximate surface area is 188 Å². The van der Waals surface area contributed by atoms with E-state index in [1.54, 1.807) is 13.3 Å². The molecule has 32 heavy (non-hydrogen) atoms. The highest BCUT2D eigenvalue weighted by molar-refractivity contribution is 5.77. The number of aromatic amines is 1. The van der Waals surface area contributed by atoms with Crippen LogP contribution in [0.25, 0.3) is 11.3 Å². The number of hydrogen-bond donors (Lipinski definition) is 1. The van der Waals surface area contributed by atoms with Gasteiger partial charge in [-0.05, 0) is 42.6 Å². The molecule has 0 saturated heterocycles. The van der Waals surface area contributed by atoms with Crippen LogP contribution in [0.1, 0.15) is 34.4 Å². The average Bonchev–Trinajstić information content (AvgIpc) is 3.33. The van der Waals surface area contributed by atoms with Crippen molar-refractivity contribution in [1.29, 1.82) is 0 Å². The minimum absolute atomic E-state index is 0.197. The van der Waals surface area contributed by atoms with E-state index in [9.17, 15) is 4.79 Å². The first-order valence-electron chi connectivity index (χ1n) is 11.2. The zero-order valence-corrected chi connectivity index (χ0v) is 18.7. The molecule has 2 aliphatic rings. The molecule has 0 saturated carbocycles. The van der Waals surface area contributed by atoms with Gasteiger partial charge in [0.1, 0.15) is 0 Å². The first-order valence-corrected chi connectivity index (χ1v) is 11.2. The SMILES string of the molecule is COc1cc(CCC(=O)N2CCc3[nH]nc(-c4cccc5c4CN(C)C5)c3CC2)ccn1. The minimum Gasteiger partial charge on any atom is -0.481 e. The number of nitrogens with one attached hydrogen (secondary N) is 1. The van der Waals surface area contributed by atoms with Crippen molar-refractivity contribution in [3.8, 4) is 17.1 Å². The molecule has 0 spiro atoms. The van der Waals surface area contributed by atoms with Crippen LogP contribution in [0.4, 0.5) is 0 Å². The molecule has 0 atom stereocenters. The summed E-state index contributed by atoms with van der Waals surface area (Å²) in [5, 5.41) is 7.98. The Balaban J connectivity index is 1.28. The Kier molecular flexibility index (Phi) is 5.66. The molecule has 166 valence electrons. The highest BCUT2D eigenvalue weighted by atomic mass is 16.5. The van der Waals surface area contributed by atoms with Crippen LogP contribution in [0.15, 0.2) is 36.5 Å². The number of ether oxygens (including phenoxy) is 1. The highest BCUT2D eigenvalue weighted by Gasteiger charge is 2.26. The van der Waals surface area contributed by atoms with Gasteiger partial charge in [-0.2, -0.15) is 5.10 Å². The molecule has 0 unspecified atom stereocenters. The van der Waals surface area contributed by atoms with Gasteiger partial charge < -0.3 is 9.64 Å². The Bertz CT molecular complexity index is 1140. The molecule has 3 aromatic rings. The van der Waals surface area contributed by atoms with Crippen LogP contribution >= 0.6 is 0 Å². The van der Waals surface area contributed by atoms with Crippen molar-refractivity contribution in [2.24, 2.45) is 0 Å². The number of hydrogen-bond acceptors (Lipinski definition) is 5. The number of fused-ring (bicyclic) bond motifs is 2. The van der Waals surface area contributed by atoms with Crippen LogP contribution in [0.5, 0.6) is 5.88 Å². The van der Waals surface area contributed by atoms with E-state index in [0.717, 1.165) is 56.0 Å². The lowest BCUT2D eigenvalue weighted by molar-refractivity contribution is -0.131. The average molecular weight is 432 g/mol. The summed E-state index contributed by atoms with van der Waals surface area (Å²) in [4.78, 5) is 21.4. The summed E-state index contributed by atoms with van der Waals surface area (Å²) in [6.45, 7) is 3.40. The van der Waals surface area contributed by atoms with Crippen LogP contribution in [0.2, 0.25) is 0 Å². The fraction of sp³-hybridized carbons (Fsp3) is 0.400. The van der Waals surface area contributed by atoms with E-state index in [2.05, 4.69) is 40.2 Å². The predicted octanol–water partition coefficient (Wildman–Crippen LogP) is 2.99. The van der Waals surface area contributed by atoms with Crippen LogP contribution in [-0.2, 0) is 37.1 Å². The van der Waals surface area contributed by atoms with E-state index in [1.165, 1.54) is 22.3 Å². The third-order valence-corrected chi connectivity index (χ3v) is 6.60. The normalized spacial score (nSPS) is 15.9. The second-order valence-corrected chi connectivity index (χ2v) is 8.73. The maximum absolute atomic E-state index is 12.9. The van der Waals surface area contributed by atoms with Crippen molar-refractivity contribution in [2.75, 3.05) is 27.2 Å². The largest absolute Gasteiger partial charge is 0.481 e. The number of aromatic nitrogens is 3. The van der Waals surface area contributed by atoms with Gasteiger partial charge >= 0.3 is 0 Å².